The second-order valence-corrected chi connectivity index (χ2v) is 9.72. The van der Waals surface area contributed by atoms with E-state index >= 15 is 0 Å². The van der Waals surface area contributed by atoms with Crippen molar-refractivity contribution >= 4 is 21.4 Å². The fraction of sp³-hybridized carbons (Fsp3) is 0.556. The number of benzene rings is 1. The molecule has 1 aromatic carbocycles. The molecule has 0 N–H and O–H groups in total. The van der Waals surface area contributed by atoms with Crippen molar-refractivity contribution in [3.63, 3.8) is 0 Å². The molecule has 2 atom stereocenters. The summed E-state index contributed by atoms with van der Waals surface area (Å²) in [7, 11) is -3.08. The molecule has 7 heteroatoms. The van der Waals surface area contributed by atoms with E-state index in [4.69, 9.17) is 11.6 Å². The van der Waals surface area contributed by atoms with Gasteiger partial charge in [-0.1, -0.05) is 29.3 Å². The summed E-state index contributed by atoms with van der Waals surface area (Å²) in [4.78, 5) is 4.32. The second kappa shape index (κ2) is 7.35. The van der Waals surface area contributed by atoms with Crippen molar-refractivity contribution in [1.29, 1.82) is 0 Å². The zero-order valence-corrected chi connectivity index (χ0v) is 16.2. The average molecular weight is 387 g/mol. The zero-order chi connectivity index (χ0) is 18.2. The van der Waals surface area contributed by atoms with Gasteiger partial charge >= 0.3 is 0 Å². The predicted octanol–water partition coefficient (Wildman–Crippen LogP) is 2.73. The lowest BCUT2D eigenvalue weighted by Crippen LogP contribution is -2.58. The Kier molecular flexibility index (Phi) is 5.54. The zero-order valence-electron chi connectivity index (χ0n) is 14.6. The number of rotatable bonds is 4. The van der Waals surface area contributed by atoms with Gasteiger partial charge < -0.3 is 0 Å². The highest BCUT2D eigenvalue weighted by Crippen LogP contribution is 2.30. The van der Waals surface area contributed by atoms with Crippen molar-refractivity contribution in [2.24, 2.45) is 0 Å². The number of fused-ring (bicyclic) bond motifs is 1. The van der Waals surface area contributed by atoms with E-state index in [1.807, 2.05) is 13.8 Å². The van der Waals surface area contributed by atoms with E-state index in [2.05, 4.69) is 15.9 Å². The van der Waals surface area contributed by atoms with Gasteiger partial charge in [0.25, 0.3) is 0 Å². The molecule has 0 spiro atoms. The van der Waals surface area contributed by atoms with Crippen LogP contribution in [0.2, 0.25) is 5.02 Å². The number of hydrogen-bond donors (Lipinski definition) is 0. The van der Waals surface area contributed by atoms with E-state index in [9.17, 15) is 12.8 Å². The Labute approximate surface area is 154 Å². The molecule has 0 bridgehead atoms. The number of hydrogen-bond acceptors (Lipinski definition) is 4. The topological polar surface area (TPSA) is 40.6 Å². The lowest BCUT2D eigenvalue weighted by molar-refractivity contribution is 0.0471. The van der Waals surface area contributed by atoms with E-state index in [1.54, 1.807) is 12.1 Å². The van der Waals surface area contributed by atoms with Gasteiger partial charge in [0.2, 0.25) is 0 Å². The van der Waals surface area contributed by atoms with Crippen molar-refractivity contribution in [3.8, 4) is 0 Å². The molecule has 4 nitrogen and oxygen atoms in total. The average Bonchev–Trinajstić information content (AvgIpc) is 2.85. The summed E-state index contributed by atoms with van der Waals surface area (Å²) in [5, 5.41) is 0.393. The summed E-state index contributed by atoms with van der Waals surface area (Å²) in [6, 6.07) is 4.50. The van der Waals surface area contributed by atoms with Crippen LogP contribution in [-0.4, -0.2) is 61.4 Å². The van der Waals surface area contributed by atoms with Crippen molar-refractivity contribution in [2.75, 3.05) is 31.1 Å². The highest BCUT2D eigenvalue weighted by Gasteiger charge is 2.46. The van der Waals surface area contributed by atoms with E-state index in [1.165, 1.54) is 11.6 Å². The number of halogens is 2. The Morgan fingerprint density at radius 2 is 1.88 bits per heavy atom. The van der Waals surface area contributed by atoms with Gasteiger partial charge in [-0.3, -0.25) is 9.80 Å². The molecular formula is C18H24ClFN2O2S. The van der Waals surface area contributed by atoms with Crippen LogP contribution in [-0.2, 0) is 16.4 Å². The molecule has 0 radical (unpaired) electrons. The summed E-state index contributed by atoms with van der Waals surface area (Å²) in [5.74, 6) is -0.0259. The van der Waals surface area contributed by atoms with Gasteiger partial charge in [0, 0.05) is 48.8 Å². The number of piperazine rings is 1. The van der Waals surface area contributed by atoms with Gasteiger partial charge in [-0.15, -0.1) is 0 Å². The standard InChI is InChI=1S/C18H24ClFN2O2S/c1-13(2)6-7-21-8-9-22(18-12-25(23,24)11-17(18)21)10-14-15(19)4-3-5-16(14)20/h3-6,17-18H,7-12H2,1-2H3/t17-,18+/m1/s1. The lowest BCUT2D eigenvalue weighted by atomic mass is 10.0. The first kappa shape index (κ1) is 18.8. The van der Waals surface area contributed by atoms with E-state index in [-0.39, 0.29) is 29.4 Å². The molecule has 2 aliphatic heterocycles. The number of nitrogens with zero attached hydrogens (tertiary/aromatic N) is 2. The van der Waals surface area contributed by atoms with Crippen LogP contribution in [0.3, 0.4) is 0 Å². The van der Waals surface area contributed by atoms with E-state index < -0.39 is 9.84 Å². The Morgan fingerprint density at radius 3 is 2.52 bits per heavy atom. The van der Waals surface area contributed by atoms with Crippen molar-refractivity contribution < 1.29 is 12.8 Å². The van der Waals surface area contributed by atoms with E-state index in [0.29, 0.717) is 23.7 Å². The van der Waals surface area contributed by atoms with Crippen LogP contribution >= 0.6 is 11.6 Å². The summed E-state index contributed by atoms with van der Waals surface area (Å²) >= 11 is 6.16. The predicted molar refractivity (Wildman–Crippen MR) is 99.1 cm³/mol. The molecule has 2 fully saturated rings. The van der Waals surface area contributed by atoms with Crippen molar-refractivity contribution in [3.05, 3.63) is 46.3 Å². The highest BCUT2D eigenvalue weighted by molar-refractivity contribution is 7.91. The molecule has 2 aliphatic rings. The third kappa shape index (κ3) is 4.25. The Balaban J connectivity index is 1.82. The van der Waals surface area contributed by atoms with Crippen molar-refractivity contribution in [1.82, 2.24) is 9.80 Å². The fourth-order valence-electron chi connectivity index (χ4n) is 3.71. The third-order valence-electron chi connectivity index (χ3n) is 5.06. The first-order valence-electron chi connectivity index (χ1n) is 8.51. The maximum Gasteiger partial charge on any atom is 0.153 e. The molecule has 25 heavy (non-hydrogen) atoms. The molecule has 0 saturated carbocycles. The van der Waals surface area contributed by atoms with E-state index in [0.717, 1.165) is 13.1 Å². The molecule has 2 saturated heterocycles. The van der Waals surface area contributed by atoms with Crippen LogP contribution in [0, 0.1) is 5.82 Å². The summed E-state index contributed by atoms with van der Waals surface area (Å²) in [6.45, 7) is 6.66. The van der Waals surface area contributed by atoms with Crippen LogP contribution in [0.25, 0.3) is 0 Å². The molecule has 0 aromatic heterocycles. The molecular weight excluding hydrogens is 363 g/mol. The molecule has 3 rings (SSSR count). The minimum atomic E-state index is -3.08. The Morgan fingerprint density at radius 1 is 1.24 bits per heavy atom. The van der Waals surface area contributed by atoms with Gasteiger partial charge in [0.05, 0.1) is 11.5 Å². The molecule has 0 unspecified atom stereocenters. The molecule has 0 aliphatic carbocycles. The molecule has 0 amide bonds. The number of sulfone groups is 1. The number of allylic oxidation sites excluding steroid dienone is 1. The van der Waals surface area contributed by atoms with Crippen LogP contribution in [0.4, 0.5) is 4.39 Å². The summed E-state index contributed by atoms with van der Waals surface area (Å²) in [5.41, 5.74) is 1.67. The van der Waals surface area contributed by atoms with Gasteiger partial charge in [-0.05, 0) is 26.0 Å². The minimum Gasteiger partial charge on any atom is -0.293 e. The first-order chi connectivity index (χ1) is 11.8. The largest absolute Gasteiger partial charge is 0.293 e. The van der Waals surface area contributed by atoms with Gasteiger partial charge in [-0.2, -0.15) is 0 Å². The molecule has 138 valence electrons. The minimum absolute atomic E-state index is 0.0418. The van der Waals surface area contributed by atoms with Crippen LogP contribution < -0.4 is 0 Å². The molecule has 2 heterocycles. The maximum atomic E-state index is 14.1. The van der Waals surface area contributed by atoms with Gasteiger partial charge in [-0.25, -0.2) is 12.8 Å². The fourth-order valence-corrected chi connectivity index (χ4v) is 5.97. The third-order valence-corrected chi connectivity index (χ3v) is 7.12. The smallest absolute Gasteiger partial charge is 0.153 e. The molecule has 1 aromatic rings. The monoisotopic (exact) mass is 386 g/mol. The van der Waals surface area contributed by atoms with Gasteiger partial charge in [0.15, 0.2) is 9.84 Å². The Hall–Kier alpha value is -0.950. The SMILES string of the molecule is CC(C)=CCN1CCN(Cc2c(F)cccc2Cl)[C@H]2CS(=O)(=O)C[C@H]21. The van der Waals surface area contributed by atoms with Crippen LogP contribution in [0.1, 0.15) is 19.4 Å². The van der Waals surface area contributed by atoms with Crippen LogP contribution in [0.15, 0.2) is 29.8 Å². The van der Waals surface area contributed by atoms with Gasteiger partial charge in [0.1, 0.15) is 5.82 Å². The first-order valence-corrected chi connectivity index (χ1v) is 10.7. The van der Waals surface area contributed by atoms with Crippen LogP contribution in [0.5, 0.6) is 0 Å². The quantitative estimate of drug-likeness (QED) is 0.746. The lowest BCUT2D eigenvalue weighted by Gasteiger charge is -2.43. The summed E-state index contributed by atoms with van der Waals surface area (Å²) < 4.78 is 38.6. The Bertz CT molecular complexity index is 757. The second-order valence-electron chi connectivity index (χ2n) is 7.16. The summed E-state index contributed by atoms with van der Waals surface area (Å²) in [6.07, 6.45) is 2.13. The normalized spacial score (nSPS) is 26.4. The maximum absolute atomic E-state index is 14.1. The highest BCUT2D eigenvalue weighted by atomic mass is 35.5. The van der Waals surface area contributed by atoms with Crippen molar-refractivity contribution in [2.45, 2.75) is 32.5 Å².